The van der Waals surface area contributed by atoms with Gasteiger partial charge in [-0.15, -0.1) is 0 Å². The van der Waals surface area contributed by atoms with Gasteiger partial charge in [0.15, 0.2) is 0 Å². The third-order valence-corrected chi connectivity index (χ3v) is 2.03. The molecule has 78 valence electrons. The number of pyridine rings is 1. The molecule has 0 aliphatic carbocycles. The van der Waals surface area contributed by atoms with Gasteiger partial charge in [0.2, 0.25) is 0 Å². The molecule has 0 radical (unpaired) electrons. The van der Waals surface area contributed by atoms with Gasteiger partial charge in [0, 0.05) is 18.5 Å². The Kier molecular flexibility index (Phi) is 2.37. The van der Waals surface area contributed by atoms with Crippen molar-refractivity contribution in [2.45, 2.75) is 6.42 Å². The quantitative estimate of drug-likeness (QED) is 0.696. The van der Waals surface area contributed by atoms with Crippen molar-refractivity contribution in [3.8, 4) is 0 Å². The molecule has 0 atom stereocenters. The van der Waals surface area contributed by atoms with Crippen molar-refractivity contribution in [2.24, 2.45) is 0 Å². The van der Waals surface area contributed by atoms with Crippen LogP contribution >= 0.6 is 0 Å². The van der Waals surface area contributed by atoms with Crippen LogP contribution in [0.2, 0.25) is 0 Å². The summed E-state index contributed by atoms with van der Waals surface area (Å²) in [5.41, 5.74) is 1.04. The Labute approximate surface area is 85.3 Å². The fourth-order valence-corrected chi connectivity index (χ4v) is 1.31. The van der Waals surface area contributed by atoms with Gasteiger partial charge < -0.3 is 9.14 Å². The molecule has 2 aromatic heterocycles. The molecule has 4 nitrogen and oxygen atoms in total. The van der Waals surface area contributed by atoms with Gasteiger partial charge in [0.1, 0.15) is 11.5 Å². The molecule has 0 saturated carbocycles. The van der Waals surface area contributed by atoms with Gasteiger partial charge >= 0.3 is 5.97 Å². The fourth-order valence-electron chi connectivity index (χ4n) is 1.31. The first-order valence-corrected chi connectivity index (χ1v) is 4.39. The summed E-state index contributed by atoms with van der Waals surface area (Å²) >= 11 is 0. The Bertz CT molecular complexity index is 507. The molecule has 2 aromatic rings. The van der Waals surface area contributed by atoms with E-state index in [9.17, 15) is 9.18 Å². The number of esters is 1. The lowest BCUT2D eigenvalue weighted by Gasteiger charge is -1.92. The van der Waals surface area contributed by atoms with Crippen LogP contribution in [0.5, 0.6) is 0 Å². The molecule has 0 unspecified atom stereocenters. The predicted molar refractivity (Wildman–Crippen MR) is 50.9 cm³/mol. The van der Waals surface area contributed by atoms with Crippen LogP contribution in [0, 0.1) is 5.82 Å². The highest BCUT2D eigenvalue weighted by molar-refractivity contribution is 5.72. The second kappa shape index (κ2) is 3.68. The highest BCUT2D eigenvalue weighted by Crippen LogP contribution is 2.07. The van der Waals surface area contributed by atoms with Gasteiger partial charge in [-0.05, 0) is 6.07 Å². The predicted octanol–water partition coefficient (Wildman–Crippen LogP) is 1.19. The lowest BCUT2D eigenvalue weighted by molar-refractivity contribution is -0.139. The van der Waals surface area contributed by atoms with Crippen LogP contribution in [-0.2, 0) is 16.0 Å². The standard InChI is InChI=1S/C10H9FN2O2/c1-15-10(14)5-8-6-13-3-2-7(11)4-9(13)12-8/h2-4,6H,5H2,1H3. The highest BCUT2D eigenvalue weighted by Gasteiger charge is 2.07. The van der Waals surface area contributed by atoms with Gasteiger partial charge in [-0.25, -0.2) is 9.37 Å². The number of halogens is 1. The number of aromatic nitrogens is 2. The number of carbonyl (C=O) groups is 1. The molecule has 0 N–H and O–H groups in total. The van der Waals surface area contributed by atoms with Gasteiger partial charge in [-0.1, -0.05) is 0 Å². The molecule has 0 fully saturated rings. The number of imidazole rings is 1. The summed E-state index contributed by atoms with van der Waals surface area (Å²) in [6, 6.07) is 2.64. The maximum atomic E-state index is 12.8. The molecule has 5 heteroatoms. The topological polar surface area (TPSA) is 43.6 Å². The van der Waals surface area contributed by atoms with Crippen molar-refractivity contribution in [1.82, 2.24) is 9.38 Å². The summed E-state index contributed by atoms with van der Waals surface area (Å²) in [7, 11) is 1.32. The van der Waals surface area contributed by atoms with E-state index < -0.39 is 0 Å². The summed E-state index contributed by atoms with van der Waals surface area (Å²) in [6.07, 6.45) is 3.32. The molecule has 0 spiro atoms. The summed E-state index contributed by atoms with van der Waals surface area (Å²) in [4.78, 5) is 15.1. The zero-order chi connectivity index (χ0) is 10.8. The van der Waals surface area contributed by atoms with Crippen LogP contribution in [0.25, 0.3) is 5.65 Å². The van der Waals surface area contributed by atoms with Gasteiger partial charge in [-0.3, -0.25) is 4.79 Å². The number of hydrogen-bond donors (Lipinski definition) is 0. The summed E-state index contributed by atoms with van der Waals surface area (Å²) < 4.78 is 19.0. The highest BCUT2D eigenvalue weighted by atomic mass is 19.1. The van der Waals surface area contributed by atoms with Crippen LogP contribution in [0.15, 0.2) is 24.5 Å². The van der Waals surface area contributed by atoms with Gasteiger partial charge in [0.25, 0.3) is 0 Å². The van der Waals surface area contributed by atoms with Crippen molar-refractivity contribution in [3.05, 3.63) is 36.0 Å². The van der Waals surface area contributed by atoms with E-state index in [4.69, 9.17) is 0 Å². The van der Waals surface area contributed by atoms with E-state index in [-0.39, 0.29) is 18.2 Å². The molecule has 0 amide bonds. The van der Waals surface area contributed by atoms with Crippen LogP contribution in [0.4, 0.5) is 4.39 Å². The smallest absolute Gasteiger partial charge is 0.311 e. The number of hydrogen-bond acceptors (Lipinski definition) is 3. The number of rotatable bonds is 2. The largest absolute Gasteiger partial charge is 0.469 e. The molecular formula is C10H9FN2O2. The fraction of sp³-hybridized carbons (Fsp3) is 0.200. The molecule has 0 aliphatic heterocycles. The van der Waals surface area contributed by atoms with Crippen molar-refractivity contribution < 1.29 is 13.9 Å². The SMILES string of the molecule is COC(=O)Cc1cn2ccc(F)cc2n1. The number of nitrogens with zero attached hydrogens (tertiary/aromatic N) is 2. The molecule has 0 saturated heterocycles. The third kappa shape index (κ3) is 1.96. The van der Waals surface area contributed by atoms with Crippen LogP contribution in [0.3, 0.4) is 0 Å². The Hall–Kier alpha value is -1.91. The van der Waals surface area contributed by atoms with E-state index in [2.05, 4.69) is 9.72 Å². The molecular weight excluding hydrogens is 199 g/mol. The third-order valence-electron chi connectivity index (χ3n) is 2.03. The van der Waals surface area contributed by atoms with E-state index in [0.717, 1.165) is 0 Å². The Morgan fingerprint density at radius 3 is 3.20 bits per heavy atom. The number of carbonyl (C=O) groups excluding carboxylic acids is 1. The Balaban J connectivity index is 2.34. The Morgan fingerprint density at radius 1 is 1.67 bits per heavy atom. The lowest BCUT2D eigenvalue weighted by atomic mass is 10.3. The second-order valence-corrected chi connectivity index (χ2v) is 3.10. The van der Waals surface area contributed by atoms with Crippen molar-refractivity contribution in [2.75, 3.05) is 7.11 Å². The molecule has 15 heavy (non-hydrogen) atoms. The first-order chi connectivity index (χ1) is 7.19. The van der Waals surface area contributed by atoms with Gasteiger partial charge in [0.05, 0.1) is 19.2 Å². The average molecular weight is 208 g/mol. The molecule has 0 aliphatic rings. The molecule has 2 heterocycles. The summed E-state index contributed by atoms with van der Waals surface area (Å²) in [6.45, 7) is 0. The zero-order valence-corrected chi connectivity index (χ0v) is 8.11. The van der Waals surface area contributed by atoms with E-state index in [1.807, 2.05) is 0 Å². The van der Waals surface area contributed by atoms with Crippen molar-refractivity contribution >= 4 is 11.6 Å². The summed E-state index contributed by atoms with van der Waals surface area (Å²) in [5.74, 6) is -0.711. The zero-order valence-electron chi connectivity index (χ0n) is 8.11. The summed E-state index contributed by atoms with van der Waals surface area (Å²) in [5, 5.41) is 0. The minimum atomic E-state index is -0.362. The normalized spacial score (nSPS) is 10.5. The Morgan fingerprint density at radius 2 is 2.47 bits per heavy atom. The van der Waals surface area contributed by atoms with Gasteiger partial charge in [-0.2, -0.15) is 0 Å². The molecule has 2 rings (SSSR count). The minimum Gasteiger partial charge on any atom is -0.469 e. The van der Waals surface area contributed by atoms with E-state index in [1.54, 1.807) is 16.8 Å². The average Bonchev–Trinajstić information content (AvgIpc) is 2.59. The first kappa shape index (κ1) is 9.64. The molecule has 0 bridgehead atoms. The number of methoxy groups -OCH3 is 1. The van der Waals surface area contributed by atoms with E-state index >= 15 is 0 Å². The monoisotopic (exact) mass is 208 g/mol. The van der Waals surface area contributed by atoms with Crippen molar-refractivity contribution in [1.29, 1.82) is 0 Å². The minimum absolute atomic E-state index is 0.0970. The van der Waals surface area contributed by atoms with E-state index in [1.165, 1.54) is 19.2 Å². The second-order valence-electron chi connectivity index (χ2n) is 3.10. The van der Waals surface area contributed by atoms with Crippen molar-refractivity contribution in [3.63, 3.8) is 0 Å². The van der Waals surface area contributed by atoms with E-state index in [0.29, 0.717) is 11.3 Å². The van der Waals surface area contributed by atoms with Crippen LogP contribution < -0.4 is 0 Å². The van der Waals surface area contributed by atoms with Crippen LogP contribution in [0.1, 0.15) is 5.69 Å². The van der Waals surface area contributed by atoms with Crippen LogP contribution in [-0.4, -0.2) is 22.5 Å². The maximum absolute atomic E-state index is 12.8. The maximum Gasteiger partial charge on any atom is 0.311 e. The lowest BCUT2D eigenvalue weighted by Crippen LogP contribution is -2.04. The number of fused-ring (bicyclic) bond motifs is 1. The first-order valence-electron chi connectivity index (χ1n) is 4.39. The number of ether oxygens (including phenoxy) is 1. The molecule has 0 aromatic carbocycles.